The summed E-state index contributed by atoms with van der Waals surface area (Å²) in [5.74, 6) is 1.60. The second-order valence-electron chi connectivity index (χ2n) is 7.04. The first kappa shape index (κ1) is 17.4. The van der Waals surface area contributed by atoms with E-state index in [1.165, 1.54) is 5.56 Å². The van der Waals surface area contributed by atoms with Gasteiger partial charge in [0.15, 0.2) is 5.75 Å². The summed E-state index contributed by atoms with van der Waals surface area (Å²) in [5.41, 5.74) is 4.95. The maximum atomic E-state index is 5.91. The highest BCUT2D eigenvalue weighted by molar-refractivity contribution is 6.13. The Morgan fingerprint density at radius 1 is 0.862 bits per heavy atom. The molecular formula is C25H21N3O. The number of ether oxygens (including phenoxy) is 1. The number of benzene rings is 3. The Balaban J connectivity index is 1.73. The van der Waals surface area contributed by atoms with E-state index >= 15 is 0 Å². The molecule has 1 atom stereocenters. The summed E-state index contributed by atoms with van der Waals surface area (Å²) in [5, 5.41) is 4.54. The molecule has 1 unspecified atom stereocenters. The predicted octanol–water partition coefficient (Wildman–Crippen LogP) is 5.00. The second kappa shape index (κ2) is 7.40. The SMILES string of the molecule is COc1c(-c2ccccc2)nc2ccccc2c1C1=NC(c2ccccc2)CN1. The van der Waals surface area contributed by atoms with Crippen molar-refractivity contribution >= 4 is 16.7 Å². The molecule has 4 aromatic rings. The van der Waals surface area contributed by atoms with E-state index in [1.807, 2.05) is 42.5 Å². The summed E-state index contributed by atoms with van der Waals surface area (Å²) in [4.78, 5) is 9.94. The van der Waals surface area contributed by atoms with E-state index < -0.39 is 0 Å². The quantitative estimate of drug-likeness (QED) is 0.543. The summed E-state index contributed by atoms with van der Waals surface area (Å²) >= 11 is 0. The van der Waals surface area contributed by atoms with E-state index in [9.17, 15) is 0 Å². The van der Waals surface area contributed by atoms with Crippen molar-refractivity contribution in [2.24, 2.45) is 4.99 Å². The highest BCUT2D eigenvalue weighted by Gasteiger charge is 2.26. The first-order valence-electron chi connectivity index (χ1n) is 9.74. The lowest BCUT2D eigenvalue weighted by atomic mass is 10.0. The molecule has 4 heteroatoms. The Morgan fingerprint density at radius 3 is 2.31 bits per heavy atom. The topological polar surface area (TPSA) is 46.5 Å². The van der Waals surface area contributed by atoms with Crippen molar-refractivity contribution in [3.8, 4) is 17.0 Å². The van der Waals surface area contributed by atoms with Crippen LogP contribution in [0.2, 0.25) is 0 Å². The van der Waals surface area contributed by atoms with Crippen LogP contribution in [0.1, 0.15) is 17.2 Å². The standard InChI is InChI=1S/C25H21N3O/c1-29-24-22(25-26-16-21(28-25)17-10-4-2-5-11-17)19-14-8-9-15-20(19)27-23(24)18-12-6-3-7-13-18/h2-15,21H,16H2,1H3,(H,26,28). The van der Waals surface area contributed by atoms with Gasteiger partial charge in [0, 0.05) is 17.5 Å². The average Bonchev–Trinajstić information content (AvgIpc) is 3.29. The van der Waals surface area contributed by atoms with Gasteiger partial charge in [0.25, 0.3) is 0 Å². The van der Waals surface area contributed by atoms with Gasteiger partial charge < -0.3 is 10.1 Å². The molecule has 0 aliphatic carbocycles. The molecule has 0 saturated carbocycles. The van der Waals surface area contributed by atoms with Crippen molar-refractivity contribution < 1.29 is 4.74 Å². The molecule has 0 fully saturated rings. The zero-order chi connectivity index (χ0) is 19.6. The molecule has 1 aromatic heterocycles. The van der Waals surface area contributed by atoms with Crippen molar-refractivity contribution in [1.29, 1.82) is 0 Å². The van der Waals surface area contributed by atoms with Crippen LogP contribution in [-0.4, -0.2) is 24.5 Å². The lowest BCUT2D eigenvalue weighted by Crippen LogP contribution is -2.21. The van der Waals surface area contributed by atoms with Gasteiger partial charge in [0.2, 0.25) is 0 Å². The molecular weight excluding hydrogens is 358 g/mol. The molecule has 1 N–H and O–H groups in total. The number of rotatable bonds is 4. The number of pyridine rings is 1. The maximum Gasteiger partial charge on any atom is 0.156 e. The molecule has 1 aliphatic rings. The second-order valence-corrected chi connectivity index (χ2v) is 7.04. The molecule has 0 bridgehead atoms. The average molecular weight is 379 g/mol. The molecule has 0 radical (unpaired) electrons. The van der Waals surface area contributed by atoms with Crippen LogP contribution in [0.25, 0.3) is 22.2 Å². The molecule has 142 valence electrons. The molecule has 0 saturated heterocycles. The van der Waals surface area contributed by atoms with Gasteiger partial charge in [-0.05, 0) is 11.6 Å². The normalized spacial score (nSPS) is 15.8. The van der Waals surface area contributed by atoms with E-state index in [4.69, 9.17) is 14.7 Å². The van der Waals surface area contributed by atoms with Crippen LogP contribution < -0.4 is 10.1 Å². The van der Waals surface area contributed by atoms with Crippen LogP contribution in [0.4, 0.5) is 0 Å². The van der Waals surface area contributed by atoms with Gasteiger partial charge in [-0.1, -0.05) is 78.9 Å². The monoisotopic (exact) mass is 379 g/mol. The Kier molecular flexibility index (Phi) is 4.45. The Labute approximate surface area is 169 Å². The first-order chi connectivity index (χ1) is 14.3. The summed E-state index contributed by atoms with van der Waals surface area (Å²) < 4.78 is 5.91. The van der Waals surface area contributed by atoms with Gasteiger partial charge in [0.05, 0.1) is 24.2 Å². The van der Waals surface area contributed by atoms with Gasteiger partial charge in [-0.3, -0.25) is 4.99 Å². The number of hydrogen-bond acceptors (Lipinski definition) is 4. The molecule has 1 aliphatic heterocycles. The van der Waals surface area contributed by atoms with E-state index in [0.717, 1.165) is 45.9 Å². The largest absolute Gasteiger partial charge is 0.494 e. The number of aliphatic imine (C=N–C) groups is 1. The van der Waals surface area contributed by atoms with Crippen molar-refractivity contribution in [1.82, 2.24) is 10.3 Å². The van der Waals surface area contributed by atoms with Gasteiger partial charge in [-0.15, -0.1) is 0 Å². The number of nitrogens with one attached hydrogen (secondary N) is 1. The lowest BCUT2D eigenvalue weighted by molar-refractivity contribution is 0.414. The Morgan fingerprint density at radius 2 is 1.55 bits per heavy atom. The van der Waals surface area contributed by atoms with Crippen LogP contribution in [0.15, 0.2) is 89.9 Å². The zero-order valence-corrected chi connectivity index (χ0v) is 16.2. The smallest absolute Gasteiger partial charge is 0.156 e. The fourth-order valence-electron chi connectivity index (χ4n) is 3.88. The lowest BCUT2D eigenvalue weighted by Gasteiger charge is -2.16. The number of hydrogen-bond donors (Lipinski definition) is 1. The van der Waals surface area contributed by atoms with E-state index in [2.05, 4.69) is 47.8 Å². The molecule has 29 heavy (non-hydrogen) atoms. The number of para-hydroxylation sites is 1. The molecule has 5 rings (SSSR count). The third kappa shape index (κ3) is 3.13. The highest BCUT2D eigenvalue weighted by atomic mass is 16.5. The highest BCUT2D eigenvalue weighted by Crippen LogP contribution is 2.37. The minimum absolute atomic E-state index is 0.0861. The molecule has 3 aromatic carbocycles. The summed E-state index contributed by atoms with van der Waals surface area (Å²) in [6, 6.07) is 28.8. The van der Waals surface area contributed by atoms with E-state index in [1.54, 1.807) is 7.11 Å². The van der Waals surface area contributed by atoms with Gasteiger partial charge in [0.1, 0.15) is 11.5 Å². The number of amidine groups is 1. The van der Waals surface area contributed by atoms with Gasteiger partial charge >= 0.3 is 0 Å². The first-order valence-corrected chi connectivity index (χ1v) is 9.74. The molecule has 2 heterocycles. The van der Waals surface area contributed by atoms with E-state index in [0.29, 0.717) is 0 Å². The van der Waals surface area contributed by atoms with Gasteiger partial charge in [-0.2, -0.15) is 0 Å². The van der Waals surface area contributed by atoms with Gasteiger partial charge in [-0.25, -0.2) is 4.98 Å². The third-order valence-corrected chi connectivity index (χ3v) is 5.27. The summed E-state index contributed by atoms with van der Waals surface area (Å²) in [6.45, 7) is 0.764. The summed E-state index contributed by atoms with van der Waals surface area (Å²) in [7, 11) is 1.70. The van der Waals surface area contributed by atoms with Crippen LogP contribution in [0.5, 0.6) is 5.75 Å². The summed E-state index contributed by atoms with van der Waals surface area (Å²) in [6.07, 6.45) is 0. The van der Waals surface area contributed by atoms with Crippen molar-refractivity contribution in [2.75, 3.05) is 13.7 Å². The zero-order valence-electron chi connectivity index (χ0n) is 16.2. The molecule has 0 amide bonds. The predicted molar refractivity (Wildman–Crippen MR) is 117 cm³/mol. The van der Waals surface area contributed by atoms with Crippen molar-refractivity contribution in [3.63, 3.8) is 0 Å². The van der Waals surface area contributed by atoms with Crippen LogP contribution in [0.3, 0.4) is 0 Å². The number of fused-ring (bicyclic) bond motifs is 1. The van der Waals surface area contributed by atoms with Crippen LogP contribution in [0, 0.1) is 0 Å². The maximum absolute atomic E-state index is 5.91. The van der Waals surface area contributed by atoms with Crippen molar-refractivity contribution in [2.45, 2.75) is 6.04 Å². The van der Waals surface area contributed by atoms with Crippen molar-refractivity contribution in [3.05, 3.63) is 96.1 Å². The number of aromatic nitrogens is 1. The van der Waals surface area contributed by atoms with Crippen LogP contribution >= 0.6 is 0 Å². The van der Waals surface area contributed by atoms with E-state index in [-0.39, 0.29) is 6.04 Å². The fraction of sp³-hybridized carbons (Fsp3) is 0.120. The minimum atomic E-state index is 0.0861. The van der Waals surface area contributed by atoms with Crippen LogP contribution in [-0.2, 0) is 0 Å². The fourth-order valence-corrected chi connectivity index (χ4v) is 3.88. The molecule has 0 spiro atoms. The molecule has 4 nitrogen and oxygen atoms in total. The Hall–Kier alpha value is -3.66. The Bertz CT molecular complexity index is 1190. The minimum Gasteiger partial charge on any atom is -0.494 e. The number of methoxy groups -OCH3 is 1. The third-order valence-electron chi connectivity index (χ3n) is 5.27. The number of nitrogens with zero attached hydrogens (tertiary/aromatic N) is 2.